The highest BCUT2D eigenvalue weighted by atomic mass is 16.2. The van der Waals surface area contributed by atoms with E-state index in [-0.39, 0.29) is 5.91 Å². The second-order valence-electron chi connectivity index (χ2n) is 5.70. The second-order valence-corrected chi connectivity index (χ2v) is 5.70. The lowest BCUT2D eigenvalue weighted by Crippen LogP contribution is -2.34. The zero-order valence-corrected chi connectivity index (χ0v) is 11.1. The minimum atomic E-state index is 0.127. The maximum Gasteiger partial charge on any atom is 0.272 e. The summed E-state index contributed by atoms with van der Waals surface area (Å²) in [6.07, 6.45) is 2.32. The summed E-state index contributed by atoms with van der Waals surface area (Å²) in [7, 11) is 1.84. The van der Waals surface area contributed by atoms with Crippen LogP contribution in [0.25, 0.3) is 0 Å². The van der Waals surface area contributed by atoms with E-state index in [2.05, 4.69) is 10.4 Å². The number of aromatic nitrogens is 2. The Bertz CT molecular complexity index is 473. The minimum Gasteiger partial charge on any atom is -0.337 e. The predicted octanol–water partition coefficient (Wildman–Crippen LogP) is 0.554. The number of likely N-dealkylation sites (tertiary alicyclic amines) is 1. The third-order valence-electron chi connectivity index (χ3n) is 4.28. The number of amides is 1. The first-order chi connectivity index (χ1) is 8.60. The van der Waals surface area contributed by atoms with E-state index >= 15 is 0 Å². The van der Waals surface area contributed by atoms with Crippen LogP contribution >= 0.6 is 0 Å². The van der Waals surface area contributed by atoms with Crippen molar-refractivity contribution < 1.29 is 4.79 Å². The first-order valence-corrected chi connectivity index (χ1v) is 6.60. The highest BCUT2D eigenvalue weighted by molar-refractivity contribution is 5.93. The van der Waals surface area contributed by atoms with Gasteiger partial charge in [-0.2, -0.15) is 5.10 Å². The lowest BCUT2D eigenvalue weighted by molar-refractivity contribution is 0.0765. The number of rotatable bonds is 1. The maximum absolute atomic E-state index is 12.5. The van der Waals surface area contributed by atoms with Crippen LogP contribution in [-0.4, -0.2) is 46.8 Å². The zero-order chi connectivity index (χ0) is 12.8. The number of nitrogens with zero attached hydrogens (tertiary/aromatic N) is 3. The molecule has 2 aliphatic heterocycles. The van der Waals surface area contributed by atoms with Crippen LogP contribution in [0.15, 0.2) is 6.07 Å². The van der Waals surface area contributed by atoms with Crippen LogP contribution in [0.3, 0.4) is 0 Å². The Hall–Kier alpha value is -1.36. The standard InChI is InChI=1S/C13H20N4O/c1-10-7-11(16(2)15-10)12(18)17-6-4-13(9-17)3-5-14-8-13/h7,14H,3-6,8-9H2,1-2H3. The van der Waals surface area contributed by atoms with Crippen molar-refractivity contribution in [3.8, 4) is 0 Å². The first-order valence-electron chi connectivity index (χ1n) is 6.60. The highest BCUT2D eigenvalue weighted by Crippen LogP contribution is 2.36. The topological polar surface area (TPSA) is 50.2 Å². The molecule has 2 saturated heterocycles. The van der Waals surface area contributed by atoms with Gasteiger partial charge in [0.05, 0.1) is 5.69 Å². The molecule has 2 fully saturated rings. The summed E-state index contributed by atoms with van der Waals surface area (Å²) in [6.45, 7) is 5.84. The summed E-state index contributed by atoms with van der Waals surface area (Å²) in [5.74, 6) is 0.127. The number of aryl methyl sites for hydroxylation is 2. The summed E-state index contributed by atoms with van der Waals surface area (Å²) in [5, 5.41) is 7.66. The lowest BCUT2D eigenvalue weighted by Gasteiger charge is -2.22. The molecule has 0 bridgehead atoms. The zero-order valence-electron chi connectivity index (χ0n) is 11.1. The fourth-order valence-corrected chi connectivity index (χ4v) is 3.23. The molecule has 5 heteroatoms. The predicted molar refractivity (Wildman–Crippen MR) is 68.4 cm³/mol. The quantitative estimate of drug-likeness (QED) is 0.790. The summed E-state index contributed by atoms with van der Waals surface area (Å²) < 4.78 is 1.69. The van der Waals surface area contributed by atoms with E-state index < -0.39 is 0 Å². The maximum atomic E-state index is 12.5. The number of carbonyl (C=O) groups is 1. The van der Waals surface area contributed by atoms with E-state index in [0.717, 1.165) is 38.3 Å². The van der Waals surface area contributed by atoms with E-state index in [1.54, 1.807) is 4.68 Å². The molecular weight excluding hydrogens is 228 g/mol. The Morgan fingerprint density at radius 3 is 2.94 bits per heavy atom. The number of nitrogens with one attached hydrogen (secondary N) is 1. The molecule has 1 spiro atoms. The van der Waals surface area contributed by atoms with E-state index in [0.29, 0.717) is 11.1 Å². The smallest absolute Gasteiger partial charge is 0.272 e. The molecule has 98 valence electrons. The first kappa shape index (κ1) is 11.7. The van der Waals surface area contributed by atoms with Gasteiger partial charge in [0.25, 0.3) is 5.91 Å². The summed E-state index contributed by atoms with van der Waals surface area (Å²) in [5.41, 5.74) is 1.94. The van der Waals surface area contributed by atoms with Gasteiger partial charge in [-0.1, -0.05) is 0 Å². The van der Waals surface area contributed by atoms with Crippen LogP contribution in [0.2, 0.25) is 0 Å². The average Bonchev–Trinajstić information content (AvgIpc) is 3.02. The van der Waals surface area contributed by atoms with Gasteiger partial charge in [0.15, 0.2) is 0 Å². The van der Waals surface area contributed by atoms with Gasteiger partial charge < -0.3 is 10.2 Å². The molecule has 1 amide bonds. The highest BCUT2D eigenvalue weighted by Gasteiger charge is 2.42. The fourth-order valence-electron chi connectivity index (χ4n) is 3.23. The minimum absolute atomic E-state index is 0.127. The van der Waals surface area contributed by atoms with E-state index in [1.807, 2.05) is 24.9 Å². The Morgan fingerprint density at radius 2 is 2.33 bits per heavy atom. The van der Waals surface area contributed by atoms with Gasteiger partial charge in [0.2, 0.25) is 0 Å². The second kappa shape index (κ2) is 4.09. The van der Waals surface area contributed by atoms with Gasteiger partial charge in [0, 0.05) is 32.1 Å². The van der Waals surface area contributed by atoms with Gasteiger partial charge in [-0.25, -0.2) is 0 Å². The molecule has 1 aromatic heterocycles. The lowest BCUT2D eigenvalue weighted by atomic mass is 9.87. The molecule has 0 saturated carbocycles. The van der Waals surface area contributed by atoms with Crippen LogP contribution in [0.4, 0.5) is 0 Å². The molecule has 5 nitrogen and oxygen atoms in total. The van der Waals surface area contributed by atoms with Crippen molar-refractivity contribution >= 4 is 5.91 Å². The van der Waals surface area contributed by atoms with Crippen molar-refractivity contribution in [3.05, 3.63) is 17.5 Å². The van der Waals surface area contributed by atoms with Crippen LogP contribution in [0.1, 0.15) is 29.0 Å². The normalized spacial score (nSPS) is 27.3. The van der Waals surface area contributed by atoms with E-state index in [4.69, 9.17) is 0 Å². The van der Waals surface area contributed by atoms with Crippen LogP contribution < -0.4 is 5.32 Å². The molecule has 1 N–H and O–H groups in total. The third kappa shape index (κ3) is 1.82. The Morgan fingerprint density at radius 1 is 1.50 bits per heavy atom. The molecule has 0 aliphatic carbocycles. The van der Waals surface area contributed by atoms with Gasteiger partial charge in [-0.15, -0.1) is 0 Å². The Balaban J connectivity index is 1.76. The molecule has 1 unspecified atom stereocenters. The van der Waals surface area contributed by atoms with Crippen molar-refractivity contribution in [1.29, 1.82) is 0 Å². The van der Waals surface area contributed by atoms with Gasteiger partial charge in [0.1, 0.15) is 5.69 Å². The molecule has 1 atom stereocenters. The molecular formula is C13H20N4O. The molecule has 0 radical (unpaired) electrons. The van der Waals surface area contributed by atoms with E-state index in [9.17, 15) is 4.79 Å². The molecule has 1 aromatic rings. The number of carbonyl (C=O) groups excluding carboxylic acids is 1. The largest absolute Gasteiger partial charge is 0.337 e. The molecule has 0 aromatic carbocycles. The average molecular weight is 248 g/mol. The molecule has 18 heavy (non-hydrogen) atoms. The van der Waals surface area contributed by atoms with Gasteiger partial charge >= 0.3 is 0 Å². The van der Waals surface area contributed by atoms with Gasteiger partial charge in [-0.05, 0) is 32.4 Å². The van der Waals surface area contributed by atoms with Gasteiger partial charge in [-0.3, -0.25) is 9.48 Å². The van der Waals surface area contributed by atoms with Crippen LogP contribution in [0, 0.1) is 12.3 Å². The monoisotopic (exact) mass is 248 g/mol. The molecule has 3 rings (SSSR count). The summed E-state index contributed by atoms with van der Waals surface area (Å²) in [6, 6.07) is 1.88. The van der Waals surface area contributed by atoms with Crippen molar-refractivity contribution in [2.45, 2.75) is 19.8 Å². The van der Waals surface area contributed by atoms with Crippen molar-refractivity contribution in [3.63, 3.8) is 0 Å². The van der Waals surface area contributed by atoms with Crippen molar-refractivity contribution in [1.82, 2.24) is 20.0 Å². The summed E-state index contributed by atoms with van der Waals surface area (Å²) >= 11 is 0. The number of hydrogen-bond donors (Lipinski definition) is 1. The Kier molecular flexibility index (Phi) is 2.66. The van der Waals surface area contributed by atoms with Crippen molar-refractivity contribution in [2.24, 2.45) is 12.5 Å². The van der Waals surface area contributed by atoms with Crippen molar-refractivity contribution in [2.75, 3.05) is 26.2 Å². The van der Waals surface area contributed by atoms with E-state index in [1.165, 1.54) is 6.42 Å². The third-order valence-corrected chi connectivity index (χ3v) is 4.28. The fraction of sp³-hybridized carbons (Fsp3) is 0.692. The SMILES string of the molecule is Cc1cc(C(=O)N2CCC3(CCNC3)C2)n(C)n1. The number of hydrogen-bond acceptors (Lipinski definition) is 3. The molecule has 3 heterocycles. The Labute approximate surface area is 107 Å². The summed E-state index contributed by atoms with van der Waals surface area (Å²) in [4.78, 5) is 14.5. The molecule has 2 aliphatic rings. The van der Waals surface area contributed by atoms with Crippen LogP contribution in [-0.2, 0) is 7.05 Å². The van der Waals surface area contributed by atoms with Crippen LogP contribution in [0.5, 0.6) is 0 Å².